The highest BCUT2D eigenvalue weighted by molar-refractivity contribution is 5.89. The molecule has 0 aliphatic carbocycles. The highest BCUT2D eigenvalue weighted by atomic mass is 16.5. The van der Waals surface area contributed by atoms with Crippen molar-refractivity contribution in [3.63, 3.8) is 0 Å². The largest absolute Gasteiger partial charge is 0.478 e. The van der Waals surface area contributed by atoms with Crippen molar-refractivity contribution < 1.29 is 19.4 Å². The van der Waals surface area contributed by atoms with Crippen LogP contribution < -0.4 is 5.32 Å². The molecule has 1 aliphatic rings. The van der Waals surface area contributed by atoms with Crippen molar-refractivity contribution in [2.24, 2.45) is 5.41 Å². The Morgan fingerprint density at radius 1 is 1.64 bits per heavy atom. The van der Waals surface area contributed by atoms with Crippen LogP contribution in [0.25, 0.3) is 0 Å². The summed E-state index contributed by atoms with van der Waals surface area (Å²) in [4.78, 5) is 22.4. The van der Waals surface area contributed by atoms with Crippen LogP contribution in [0.4, 0.5) is 0 Å². The molecule has 0 saturated carbocycles. The number of nitrogens with one attached hydrogen (secondary N) is 1. The average molecular weight is 201 g/mol. The van der Waals surface area contributed by atoms with Gasteiger partial charge in [0.1, 0.15) is 0 Å². The van der Waals surface area contributed by atoms with Crippen molar-refractivity contribution in [3.8, 4) is 0 Å². The van der Waals surface area contributed by atoms with Crippen LogP contribution in [-0.2, 0) is 14.3 Å². The number of hydrogen-bond donors (Lipinski definition) is 2. The van der Waals surface area contributed by atoms with Gasteiger partial charge in [0.15, 0.2) is 0 Å². The maximum atomic E-state index is 11.6. The molecule has 0 bridgehead atoms. The molecule has 0 aromatic heterocycles. The SMILES string of the molecule is CCC1(C)COC(C)(C(=O)O)NC1=O. The van der Waals surface area contributed by atoms with E-state index in [1.807, 2.05) is 6.92 Å². The molecule has 1 saturated heterocycles. The van der Waals surface area contributed by atoms with Gasteiger partial charge in [0.05, 0.1) is 12.0 Å². The fourth-order valence-corrected chi connectivity index (χ4v) is 1.15. The highest BCUT2D eigenvalue weighted by Crippen LogP contribution is 2.29. The van der Waals surface area contributed by atoms with Crippen molar-refractivity contribution in [2.45, 2.75) is 32.9 Å². The van der Waals surface area contributed by atoms with Gasteiger partial charge in [-0.1, -0.05) is 6.92 Å². The van der Waals surface area contributed by atoms with Crippen LogP contribution in [0, 0.1) is 5.41 Å². The highest BCUT2D eigenvalue weighted by Gasteiger charge is 2.47. The summed E-state index contributed by atoms with van der Waals surface area (Å²) in [7, 11) is 0. The molecule has 0 aromatic rings. The standard InChI is InChI=1S/C9H15NO4/c1-4-8(2)5-14-9(3,7(12)13)10-6(8)11/h4-5H2,1-3H3,(H,10,11)(H,12,13). The zero-order valence-corrected chi connectivity index (χ0v) is 8.59. The minimum atomic E-state index is -1.58. The Kier molecular flexibility index (Phi) is 2.54. The second-order valence-corrected chi connectivity index (χ2v) is 4.00. The molecule has 0 radical (unpaired) electrons. The Morgan fingerprint density at radius 3 is 2.57 bits per heavy atom. The van der Waals surface area contributed by atoms with Crippen LogP contribution >= 0.6 is 0 Å². The lowest BCUT2D eigenvalue weighted by Gasteiger charge is -2.40. The molecule has 2 atom stereocenters. The smallest absolute Gasteiger partial charge is 0.357 e. The van der Waals surface area contributed by atoms with Crippen LogP contribution in [0.5, 0.6) is 0 Å². The van der Waals surface area contributed by atoms with Crippen LogP contribution in [0.2, 0.25) is 0 Å². The van der Waals surface area contributed by atoms with Crippen molar-refractivity contribution >= 4 is 11.9 Å². The van der Waals surface area contributed by atoms with Gasteiger partial charge in [0.25, 0.3) is 0 Å². The zero-order chi connectivity index (χ0) is 11.0. The summed E-state index contributed by atoms with van der Waals surface area (Å²) < 4.78 is 5.17. The second-order valence-electron chi connectivity index (χ2n) is 4.00. The monoisotopic (exact) mass is 201 g/mol. The third kappa shape index (κ3) is 1.59. The number of hydrogen-bond acceptors (Lipinski definition) is 3. The molecule has 0 aromatic carbocycles. The summed E-state index contributed by atoms with van der Waals surface area (Å²) in [5, 5.41) is 11.2. The minimum Gasteiger partial charge on any atom is -0.478 e. The molecular formula is C9H15NO4. The number of ether oxygens (including phenoxy) is 1. The van der Waals surface area contributed by atoms with E-state index in [1.165, 1.54) is 6.92 Å². The lowest BCUT2D eigenvalue weighted by molar-refractivity contribution is -0.191. The summed E-state index contributed by atoms with van der Waals surface area (Å²) in [6, 6.07) is 0. The van der Waals surface area contributed by atoms with E-state index in [4.69, 9.17) is 9.84 Å². The molecule has 5 heteroatoms. The van der Waals surface area contributed by atoms with Gasteiger partial charge < -0.3 is 15.2 Å². The van der Waals surface area contributed by atoms with Crippen LogP contribution in [-0.4, -0.2) is 29.3 Å². The summed E-state index contributed by atoms with van der Waals surface area (Å²) >= 11 is 0. The molecule has 1 aliphatic heterocycles. The number of aliphatic carboxylic acids is 1. The van der Waals surface area contributed by atoms with Gasteiger partial charge in [-0.15, -0.1) is 0 Å². The summed E-state index contributed by atoms with van der Waals surface area (Å²) in [5.74, 6) is -1.44. The number of carboxylic acid groups (broad SMARTS) is 1. The van der Waals surface area contributed by atoms with Crippen LogP contribution in [0.3, 0.4) is 0 Å². The maximum absolute atomic E-state index is 11.6. The van der Waals surface area contributed by atoms with E-state index in [9.17, 15) is 9.59 Å². The van der Waals surface area contributed by atoms with E-state index < -0.39 is 17.1 Å². The van der Waals surface area contributed by atoms with E-state index in [1.54, 1.807) is 6.92 Å². The second kappa shape index (κ2) is 3.24. The van der Waals surface area contributed by atoms with Crippen molar-refractivity contribution in [1.29, 1.82) is 0 Å². The van der Waals surface area contributed by atoms with Crippen LogP contribution in [0.15, 0.2) is 0 Å². The topological polar surface area (TPSA) is 75.6 Å². The minimum absolute atomic E-state index is 0.137. The Hall–Kier alpha value is -1.10. The quantitative estimate of drug-likeness (QED) is 0.676. The number of amides is 1. The third-order valence-corrected chi connectivity index (χ3v) is 2.77. The Labute approximate surface area is 82.4 Å². The fraction of sp³-hybridized carbons (Fsp3) is 0.778. The van der Waals surface area contributed by atoms with Crippen molar-refractivity contribution in [1.82, 2.24) is 5.32 Å². The van der Waals surface area contributed by atoms with E-state index in [-0.39, 0.29) is 12.5 Å². The van der Waals surface area contributed by atoms with Gasteiger partial charge in [-0.2, -0.15) is 0 Å². The van der Waals surface area contributed by atoms with E-state index in [0.29, 0.717) is 6.42 Å². The van der Waals surface area contributed by atoms with Gasteiger partial charge in [-0.25, -0.2) is 4.79 Å². The predicted octanol–water partition coefficient (Wildman–Crippen LogP) is 0.350. The first-order chi connectivity index (χ1) is 6.34. The first-order valence-corrected chi connectivity index (χ1v) is 4.54. The lowest BCUT2D eigenvalue weighted by Crippen LogP contribution is -2.63. The molecule has 5 nitrogen and oxygen atoms in total. The molecule has 1 fully saturated rings. The van der Waals surface area contributed by atoms with Gasteiger partial charge >= 0.3 is 5.97 Å². The Bertz CT molecular complexity index is 278. The molecule has 2 unspecified atom stereocenters. The third-order valence-electron chi connectivity index (χ3n) is 2.77. The lowest BCUT2D eigenvalue weighted by atomic mass is 9.85. The number of carbonyl (C=O) groups excluding carboxylic acids is 1. The van der Waals surface area contributed by atoms with Crippen LogP contribution in [0.1, 0.15) is 27.2 Å². The number of rotatable bonds is 2. The van der Waals surface area contributed by atoms with Crippen molar-refractivity contribution in [2.75, 3.05) is 6.61 Å². The molecule has 1 amide bonds. The number of carbonyl (C=O) groups is 2. The first-order valence-electron chi connectivity index (χ1n) is 4.54. The average Bonchev–Trinajstić information content (AvgIpc) is 2.12. The molecule has 1 rings (SSSR count). The van der Waals surface area contributed by atoms with Gasteiger partial charge in [0.2, 0.25) is 11.6 Å². The zero-order valence-electron chi connectivity index (χ0n) is 8.59. The molecular weight excluding hydrogens is 186 g/mol. The van der Waals surface area contributed by atoms with E-state index in [0.717, 1.165) is 0 Å². The molecule has 0 spiro atoms. The number of carboxylic acids is 1. The normalized spacial score (nSPS) is 37.8. The molecule has 14 heavy (non-hydrogen) atoms. The summed E-state index contributed by atoms with van der Waals surface area (Å²) in [6.45, 7) is 5.09. The maximum Gasteiger partial charge on any atom is 0.357 e. The molecule has 2 N–H and O–H groups in total. The summed E-state index contributed by atoms with van der Waals surface area (Å²) in [5.41, 5.74) is -2.19. The van der Waals surface area contributed by atoms with Gasteiger partial charge in [0, 0.05) is 0 Å². The van der Waals surface area contributed by atoms with Gasteiger partial charge in [-0.05, 0) is 20.3 Å². The predicted molar refractivity (Wildman–Crippen MR) is 48.5 cm³/mol. The van der Waals surface area contributed by atoms with Crippen molar-refractivity contribution in [3.05, 3.63) is 0 Å². The summed E-state index contributed by atoms with van der Waals surface area (Å²) in [6.07, 6.45) is 0.620. The Balaban J connectivity index is 2.83. The van der Waals surface area contributed by atoms with Gasteiger partial charge in [-0.3, -0.25) is 4.79 Å². The first kappa shape index (κ1) is 11.0. The van der Waals surface area contributed by atoms with E-state index >= 15 is 0 Å². The Morgan fingerprint density at radius 2 is 2.21 bits per heavy atom. The van der Waals surface area contributed by atoms with E-state index in [2.05, 4.69) is 5.32 Å². The molecule has 1 heterocycles. The molecule has 80 valence electrons. The fourth-order valence-electron chi connectivity index (χ4n) is 1.15.